The quantitative estimate of drug-likeness (QED) is 0.837. The van der Waals surface area contributed by atoms with E-state index in [1.807, 2.05) is 6.07 Å². The first-order valence-electron chi connectivity index (χ1n) is 7.01. The number of halogens is 2. The number of hydrogen-bond donors (Lipinski definition) is 1. The Balaban J connectivity index is 1.71. The minimum atomic E-state index is -0.374. The molecule has 0 saturated heterocycles. The van der Waals surface area contributed by atoms with Gasteiger partial charge < -0.3 is 5.32 Å². The topological polar surface area (TPSA) is 12.0 Å². The predicted molar refractivity (Wildman–Crippen MR) is 82.0 cm³/mol. The molecule has 0 spiro atoms. The van der Waals surface area contributed by atoms with Crippen molar-refractivity contribution in [3.8, 4) is 0 Å². The number of fused-ring (bicyclic) bond motifs is 1. The summed E-state index contributed by atoms with van der Waals surface area (Å²) in [4.78, 5) is 0. The lowest BCUT2D eigenvalue weighted by Gasteiger charge is -2.26. The average molecular weight is 290 g/mol. The van der Waals surface area contributed by atoms with E-state index in [0.717, 1.165) is 12.2 Å². The summed E-state index contributed by atoms with van der Waals surface area (Å²) in [5.74, 6) is 0.124. The molecule has 1 unspecified atom stereocenters. The molecule has 0 fully saturated rings. The van der Waals surface area contributed by atoms with Crippen molar-refractivity contribution < 1.29 is 4.39 Å². The van der Waals surface area contributed by atoms with Crippen LogP contribution in [0.2, 0.25) is 5.02 Å². The van der Waals surface area contributed by atoms with Crippen LogP contribution in [0.15, 0.2) is 42.5 Å². The Kier molecular flexibility index (Phi) is 3.93. The fourth-order valence-corrected chi connectivity index (χ4v) is 3.03. The summed E-state index contributed by atoms with van der Waals surface area (Å²) in [5.41, 5.74) is 3.67. The number of nitrogens with one attached hydrogen (secondary N) is 1. The van der Waals surface area contributed by atoms with Crippen molar-refractivity contribution in [2.75, 3.05) is 11.9 Å². The Morgan fingerprint density at radius 2 is 2.05 bits per heavy atom. The van der Waals surface area contributed by atoms with Crippen LogP contribution in [0.3, 0.4) is 0 Å². The van der Waals surface area contributed by atoms with Gasteiger partial charge in [0, 0.05) is 18.2 Å². The fraction of sp³-hybridized carbons (Fsp3) is 0.294. The normalized spacial score (nSPS) is 17.6. The zero-order valence-electron chi connectivity index (χ0n) is 11.2. The molecule has 2 aromatic carbocycles. The highest BCUT2D eigenvalue weighted by atomic mass is 35.5. The maximum absolute atomic E-state index is 13.4. The van der Waals surface area contributed by atoms with Crippen molar-refractivity contribution >= 4 is 17.3 Å². The van der Waals surface area contributed by atoms with Crippen LogP contribution in [-0.2, 0) is 6.42 Å². The molecule has 20 heavy (non-hydrogen) atoms. The lowest BCUT2D eigenvalue weighted by Crippen LogP contribution is -2.18. The summed E-state index contributed by atoms with van der Waals surface area (Å²) in [5, 5.41) is 3.49. The van der Waals surface area contributed by atoms with Gasteiger partial charge in [0.1, 0.15) is 5.82 Å². The van der Waals surface area contributed by atoms with Gasteiger partial charge in [-0.25, -0.2) is 4.39 Å². The number of hydrogen-bond acceptors (Lipinski definition) is 1. The Morgan fingerprint density at radius 3 is 2.90 bits per heavy atom. The molecule has 0 aliphatic heterocycles. The van der Waals surface area contributed by atoms with E-state index in [1.165, 1.54) is 36.5 Å². The fourth-order valence-electron chi connectivity index (χ4n) is 2.91. The van der Waals surface area contributed by atoms with Crippen molar-refractivity contribution in [3.05, 3.63) is 64.4 Å². The van der Waals surface area contributed by atoms with Crippen LogP contribution in [0, 0.1) is 5.82 Å². The second-order valence-electron chi connectivity index (χ2n) is 5.30. The standard InChI is InChI=1S/C17H17ClFN/c18-16-9-8-14(10-17(16)19)20-11-13-6-3-5-12-4-1-2-7-15(12)13/h1-2,4,7-10,13,20H,3,5-6,11H2. The van der Waals surface area contributed by atoms with Gasteiger partial charge in [0.2, 0.25) is 0 Å². The van der Waals surface area contributed by atoms with Gasteiger partial charge in [-0.1, -0.05) is 35.9 Å². The van der Waals surface area contributed by atoms with E-state index in [4.69, 9.17) is 11.6 Å². The van der Waals surface area contributed by atoms with E-state index < -0.39 is 0 Å². The highest BCUT2D eigenvalue weighted by molar-refractivity contribution is 6.30. The van der Waals surface area contributed by atoms with Crippen LogP contribution < -0.4 is 5.32 Å². The van der Waals surface area contributed by atoms with Crippen molar-refractivity contribution in [2.24, 2.45) is 0 Å². The number of rotatable bonds is 3. The number of aryl methyl sites for hydroxylation is 1. The molecule has 1 aliphatic rings. The van der Waals surface area contributed by atoms with Gasteiger partial charge in [0.15, 0.2) is 0 Å². The Hall–Kier alpha value is -1.54. The molecule has 2 aromatic rings. The second kappa shape index (κ2) is 5.84. The molecule has 0 heterocycles. The molecule has 3 heteroatoms. The van der Waals surface area contributed by atoms with Crippen LogP contribution in [0.5, 0.6) is 0 Å². The number of anilines is 1. The summed E-state index contributed by atoms with van der Waals surface area (Å²) in [7, 11) is 0. The van der Waals surface area contributed by atoms with Crippen molar-refractivity contribution in [1.82, 2.24) is 0 Å². The molecule has 0 radical (unpaired) electrons. The van der Waals surface area contributed by atoms with Crippen LogP contribution in [0.4, 0.5) is 10.1 Å². The zero-order chi connectivity index (χ0) is 13.9. The van der Waals surface area contributed by atoms with Gasteiger partial charge in [-0.15, -0.1) is 0 Å². The third-order valence-corrected chi connectivity index (χ3v) is 4.27. The molecular weight excluding hydrogens is 273 g/mol. The highest BCUT2D eigenvalue weighted by Gasteiger charge is 2.19. The lowest BCUT2D eigenvalue weighted by atomic mass is 9.83. The van der Waals surface area contributed by atoms with Gasteiger partial charge in [-0.2, -0.15) is 0 Å². The smallest absolute Gasteiger partial charge is 0.143 e. The maximum atomic E-state index is 13.4. The van der Waals surface area contributed by atoms with E-state index in [0.29, 0.717) is 5.92 Å². The number of benzene rings is 2. The maximum Gasteiger partial charge on any atom is 0.143 e. The van der Waals surface area contributed by atoms with Gasteiger partial charge in [0.25, 0.3) is 0 Å². The molecule has 0 saturated carbocycles. The molecule has 0 bridgehead atoms. The van der Waals surface area contributed by atoms with Crippen LogP contribution in [0.25, 0.3) is 0 Å². The molecule has 1 aliphatic carbocycles. The summed E-state index contributed by atoms with van der Waals surface area (Å²) in [6.45, 7) is 0.831. The van der Waals surface area contributed by atoms with Crippen molar-refractivity contribution in [3.63, 3.8) is 0 Å². The third kappa shape index (κ3) is 2.80. The van der Waals surface area contributed by atoms with Gasteiger partial charge in [0.05, 0.1) is 5.02 Å². The minimum Gasteiger partial charge on any atom is -0.384 e. The Bertz CT molecular complexity index is 612. The zero-order valence-corrected chi connectivity index (χ0v) is 12.0. The first-order valence-corrected chi connectivity index (χ1v) is 7.38. The molecule has 1 nitrogen and oxygen atoms in total. The van der Waals surface area contributed by atoms with Gasteiger partial charge >= 0.3 is 0 Å². The van der Waals surface area contributed by atoms with Crippen molar-refractivity contribution in [1.29, 1.82) is 0 Å². The SMILES string of the molecule is Fc1cc(NCC2CCCc3ccccc32)ccc1Cl. The first kappa shape index (κ1) is 13.4. The molecule has 0 aromatic heterocycles. The second-order valence-corrected chi connectivity index (χ2v) is 5.70. The van der Waals surface area contributed by atoms with E-state index in [-0.39, 0.29) is 10.8 Å². The predicted octanol–water partition coefficient (Wildman–Crippen LogP) is 5.01. The minimum absolute atomic E-state index is 0.165. The van der Waals surface area contributed by atoms with E-state index >= 15 is 0 Å². The van der Waals surface area contributed by atoms with E-state index in [9.17, 15) is 4.39 Å². The third-order valence-electron chi connectivity index (χ3n) is 3.97. The summed E-state index contributed by atoms with van der Waals surface area (Å²) >= 11 is 5.69. The Labute approximate surface area is 123 Å². The first-order chi connectivity index (χ1) is 9.74. The summed E-state index contributed by atoms with van der Waals surface area (Å²) < 4.78 is 13.4. The van der Waals surface area contributed by atoms with Crippen molar-refractivity contribution in [2.45, 2.75) is 25.2 Å². The summed E-state index contributed by atoms with van der Waals surface area (Å²) in [6, 6.07) is 13.5. The summed E-state index contributed by atoms with van der Waals surface area (Å²) in [6.07, 6.45) is 3.57. The molecule has 3 rings (SSSR count). The van der Waals surface area contributed by atoms with Crippen LogP contribution >= 0.6 is 11.6 Å². The monoisotopic (exact) mass is 289 g/mol. The average Bonchev–Trinajstić information content (AvgIpc) is 2.48. The largest absolute Gasteiger partial charge is 0.384 e. The van der Waals surface area contributed by atoms with Gasteiger partial charge in [-0.05, 0) is 48.6 Å². The lowest BCUT2D eigenvalue weighted by molar-refractivity contribution is 0.571. The van der Waals surface area contributed by atoms with E-state index in [2.05, 4.69) is 29.6 Å². The van der Waals surface area contributed by atoms with Crippen LogP contribution in [0.1, 0.15) is 29.9 Å². The van der Waals surface area contributed by atoms with Gasteiger partial charge in [-0.3, -0.25) is 0 Å². The molecule has 104 valence electrons. The highest BCUT2D eigenvalue weighted by Crippen LogP contribution is 2.31. The van der Waals surface area contributed by atoms with E-state index in [1.54, 1.807) is 6.07 Å². The molecule has 0 amide bonds. The molecular formula is C17H17ClFN. The Morgan fingerprint density at radius 1 is 1.20 bits per heavy atom. The van der Waals surface area contributed by atoms with Crippen LogP contribution in [-0.4, -0.2) is 6.54 Å². The molecule has 1 N–H and O–H groups in total. The molecule has 1 atom stereocenters.